The smallest absolute Gasteiger partial charge is 0.102 e. The Bertz CT molecular complexity index is 40.7. The molecule has 0 aromatic rings. The van der Waals surface area contributed by atoms with E-state index in [1.54, 1.807) is 6.92 Å². The Balaban J connectivity index is 2.68. The van der Waals surface area contributed by atoms with Crippen LogP contribution in [0.2, 0.25) is 0 Å². The first-order valence-corrected chi connectivity index (χ1v) is 2.25. The molecule has 0 aliphatic rings. The zero-order chi connectivity index (χ0) is 5.70. The lowest BCUT2D eigenvalue weighted by Crippen LogP contribution is -2.27. The van der Waals surface area contributed by atoms with Gasteiger partial charge in [-0.05, 0) is 6.92 Å². The van der Waals surface area contributed by atoms with Gasteiger partial charge in [-0.1, -0.05) is 0 Å². The molecule has 0 saturated carbocycles. The van der Waals surface area contributed by atoms with Crippen LogP contribution in [0.1, 0.15) is 6.92 Å². The molecule has 1 unspecified atom stereocenters. The molecule has 0 aliphatic carbocycles. The highest BCUT2D eigenvalue weighted by molar-refractivity contribution is 4.41. The van der Waals surface area contributed by atoms with Crippen LogP contribution in [0.4, 0.5) is 4.39 Å². The summed E-state index contributed by atoms with van der Waals surface area (Å²) in [5.41, 5.74) is 0. The SMILES string of the molecule is CC(O)NCCF. The molecule has 0 bridgehead atoms. The van der Waals surface area contributed by atoms with Crippen LogP contribution in [0.3, 0.4) is 0 Å². The molecule has 0 rings (SSSR count). The van der Waals surface area contributed by atoms with Crippen molar-refractivity contribution in [2.75, 3.05) is 13.2 Å². The summed E-state index contributed by atoms with van der Waals surface area (Å²) >= 11 is 0. The molecule has 0 spiro atoms. The number of rotatable bonds is 3. The third-order valence-electron chi connectivity index (χ3n) is 0.534. The van der Waals surface area contributed by atoms with Crippen molar-refractivity contribution in [2.24, 2.45) is 0 Å². The third kappa shape index (κ3) is 5.85. The fourth-order valence-corrected chi connectivity index (χ4v) is 0.263. The van der Waals surface area contributed by atoms with E-state index in [4.69, 9.17) is 5.11 Å². The summed E-state index contributed by atoms with van der Waals surface area (Å²) in [6.07, 6.45) is -0.587. The van der Waals surface area contributed by atoms with Crippen molar-refractivity contribution in [3.05, 3.63) is 0 Å². The van der Waals surface area contributed by atoms with Crippen molar-refractivity contribution in [1.29, 1.82) is 0 Å². The van der Waals surface area contributed by atoms with E-state index in [1.807, 2.05) is 0 Å². The van der Waals surface area contributed by atoms with Crippen LogP contribution in [0, 0.1) is 0 Å². The molecule has 2 N–H and O–H groups in total. The summed E-state index contributed by atoms with van der Waals surface area (Å²) in [4.78, 5) is 0. The number of nitrogens with one attached hydrogen (secondary N) is 1. The molecule has 3 heteroatoms. The molecule has 0 aromatic heterocycles. The maximum atomic E-state index is 11.2. The number of aliphatic hydroxyl groups excluding tert-OH is 1. The van der Waals surface area contributed by atoms with Crippen molar-refractivity contribution < 1.29 is 9.50 Å². The molecular weight excluding hydrogens is 97.0 g/mol. The lowest BCUT2D eigenvalue weighted by atomic mass is 10.6. The maximum Gasteiger partial charge on any atom is 0.102 e. The summed E-state index contributed by atoms with van der Waals surface area (Å²) in [7, 11) is 0. The zero-order valence-electron chi connectivity index (χ0n) is 4.32. The number of halogens is 1. The lowest BCUT2D eigenvalue weighted by Gasteiger charge is -2.01. The second-order valence-electron chi connectivity index (χ2n) is 1.32. The second-order valence-corrected chi connectivity index (χ2v) is 1.32. The van der Waals surface area contributed by atoms with Crippen LogP contribution in [-0.4, -0.2) is 24.6 Å². The summed E-state index contributed by atoms with van der Waals surface area (Å²) < 4.78 is 11.2. The Morgan fingerprint density at radius 2 is 2.43 bits per heavy atom. The molecule has 0 fully saturated rings. The molecule has 7 heavy (non-hydrogen) atoms. The van der Waals surface area contributed by atoms with Gasteiger partial charge in [0.25, 0.3) is 0 Å². The molecule has 0 aromatic carbocycles. The first-order valence-electron chi connectivity index (χ1n) is 2.25. The summed E-state index contributed by atoms with van der Waals surface area (Å²) in [6.45, 7) is 1.36. The molecule has 2 nitrogen and oxygen atoms in total. The molecular formula is C4H10FNO. The van der Waals surface area contributed by atoms with E-state index in [9.17, 15) is 4.39 Å². The Labute approximate surface area is 42.3 Å². The summed E-state index contributed by atoms with van der Waals surface area (Å²) in [5.74, 6) is 0. The number of alkyl halides is 1. The highest BCUT2D eigenvalue weighted by atomic mass is 19.1. The average molecular weight is 107 g/mol. The normalized spacial score (nSPS) is 14.1. The van der Waals surface area contributed by atoms with E-state index in [0.717, 1.165) is 0 Å². The zero-order valence-corrected chi connectivity index (χ0v) is 4.32. The predicted octanol–water partition coefficient (Wildman–Crippen LogP) is -0.116. The van der Waals surface area contributed by atoms with Crippen molar-refractivity contribution in [1.82, 2.24) is 5.32 Å². The molecule has 0 saturated heterocycles. The molecule has 1 atom stereocenters. The van der Waals surface area contributed by atoms with Gasteiger partial charge in [-0.3, -0.25) is 5.32 Å². The van der Waals surface area contributed by atoms with Crippen LogP contribution in [-0.2, 0) is 0 Å². The number of aliphatic hydroxyl groups is 1. The fraction of sp³-hybridized carbons (Fsp3) is 1.00. The van der Waals surface area contributed by atoms with Gasteiger partial charge in [-0.2, -0.15) is 0 Å². The first kappa shape index (κ1) is 6.85. The van der Waals surface area contributed by atoms with E-state index in [1.165, 1.54) is 0 Å². The Hall–Kier alpha value is -0.150. The molecule has 0 radical (unpaired) electrons. The van der Waals surface area contributed by atoms with Gasteiger partial charge in [-0.25, -0.2) is 4.39 Å². The van der Waals surface area contributed by atoms with Crippen LogP contribution in [0.15, 0.2) is 0 Å². The van der Waals surface area contributed by atoms with Gasteiger partial charge in [0.1, 0.15) is 12.9 Å². The van der Waals surface area contributed by atoms with Crippen LogP contribution >= 0.6 is 0 Å². The molecule has 0 amide bonds. The highest BCUT2D eigenvalue weighted by Gasteiger charge is 1.88. The topological polar surface area (TPSA) is 32.3 Å². The minimum absolute atomic E-state index is 0.234. The monoisotopic (exact) mass is 107 g/mol. The lowest BCUT2D eigenvalue weighted by molar-refractivity contribution is 0.154. The van der Waals surface area contributed by atoms with Crippen LogP contribution in [0.25, 0.3) is 0 Å². The Morgan fingerprint density at radius 3 is 2.57 bits per heavy atom. The van der Waals surface area contributed by atoms with Gasteiger partial charge in [0, 0.05) is 6.54 Å². The number of hydrogen-bond acceptors (Lipinski definition) is 2. The minimum atomic E-state index is -0.587. The highest BCUT2D eigenvalue weighted by Crippen LogP contribution is 1.69. The van der Waals surface area contributed by atoms with Gasteiger partial charge in [0.05, 0.1) is 0 Å². The summed E-state index contributed by atoms with van der Waals surface area (Å²) in [5, 5.41) is 10.9. The van der Waals surface area contributed by atoms with Gasteiger partial charge in [0.2, 0.25) is 0 Å². The molecule has 0 aliphatic heterocycles. The van der Waals surface area contributed by atoms with Gasteiger partial charge in [0.15, 0.2) is 0 Å². The molecule has 0 heterocycles. The Morgan fingerprint density at radius 1 is 1.86 bits per heavy atom. The van der Waals surface area contributed by atoms with E-state index in [-0.39, 0.29) is 6.54 Å². The largest absolute Gasteiger partial charge is 0.379 e. The molecule has 44 valence electrons. The maximum absolute atomic E-state index is 11.2. The second kappa shape index (κ2) is 4.02. The van der Waals surface area contributed by atoms with E-state index in [0.29, 0.717) is 0 Å². The van der Waals surface area contributed by atoms with Crippen molar-refractivity contribution in [3.63, 3.8) is 0 Å². The van der Waals surface area contributed by atoms with E-state index >= 15 is 0 Å². The van der Waals surface area contributed by atoms with E-state index in [2.05, 4.69) is 5.32 Å². The standard InChI is InChI=1S/C4H10FNO/c1-4(7)6-3-2-5/h4,6-7H,2-3H2,1H3. The predicted molar refractivity (Wildman–Crippen MR) is 25.7 cm³/mol. The van der Waals surface area contributed by atoms with Gasteiger partial charge < -0.3 is 5.11 Å². The first-order chi connectivity index (χ1) is 3.27. The average Bonchev–Trinajstić information content (AvgIpc) is 1.61. The number of hydrogen-bond donors (Lipinski definition) is 2. The minimum Gasteiger partial charge on any atom is -0.379 e. The van der Waals surface area contributed by atoms with Crippen molar-refractivity contribution in [2.45, 2.75) is 13.2 Å². The van der Waals surface area contributed by atoms with E-state index < -0.39 is 12.9 Å². The third-order valence-corrected chi connectivity index (χ3v) is 0.534. The van der Waals surface area contributed by atoms with Crippen molar-refractivity contribution in [3.8, 4) is 0 Å². The van der Waals surface area contributed by atoms with Crippen LogP contribution < -0.4 is 5.32 Å². The quantitative estimate of drug-likeness (QED) is 0.493. The van der Waals surface area contributed by atoms with Crippen molar-refractivity contribution >= 4 is 0 Å². The van der Waals surface area contributed by atoms with Crippen LogP contribution in [0.5, 0.6) is 0 Å². The summed E-state index contributed by atoms with van der Waals surface area (Å²) in [6, 6.07) is 0. The Kier molecular flexibility index (Phi) is 3.93. The van der Waals surface area contributed by atoms with Gasteiger partial charge in [-0.15, -0.1) is 0 Å². The van der Waals surface area contributed by atoms with Gasteiger partial charge >= 0.3 is 0 Å². The fourth-order valence-electron chi connectivity index (χ4n) is 0.263.